The molecule has 0 spiro atoms. The van der Waals surface area contributed by atoms with Gasteiger partial charge in [-0.05, 0) is 63.4 Å². The van der Waals surface area contributed by atoms with Gasteiger partial charge in [0.1, 0.15) is 0 Å². The number of halogens is 1. The van der Waals surface area contributed by atoms with Gasteiger partial charge in [0.25, 0.3) is 0 Å². The van der Waals surface area contributed by atoms with Crippen molar-refractivity contribution in [3.8, 4) is 0 Å². The molecule has 1 aliphatic heterocycles. The molecular formula is C17H25ClN2O. The van der Waals surface area contributed by atoms with Gasteiger partial charge in [0.15, 0.2) is 0 Å². The molecule has 1 atom stereocenters. The normalized spacial score (nSPS) is 19.0. The first-order valence-electron chi connectivity index (χ1n) is 7.82. The summed E-state index contributed by atoms with van der Waals surface area (Å²) in [4.78, 5) is 12.6. The number of nitrogens with one attached hydrogen (secondary N) is 2. The van der Waals surface area contributed by atoms with Crippen LogP contribution in [-0.2, 0) is 11.2 Å². The lowest BCUT2D eigenvalue weighted by Gasteiger charge is -2.36. The summed E-state index contributed by atoms with van der Waals surface area (Å²) in [6.07, 6.45) is 3.61. The van der Waals surface area contributed by atoms with E-state index in [-0.39, 0.29) is 17.4 Å². The summed E-state index contributed by atoms with van der Waals surface area (Å²) in [7, 11) is 0. The minimum atomic E-state index is -0.181. The number of hydrogen-bond acceptors (Lipinski definition) is 2. The Kier molecular flexibility index (Phi) is 5.65. The molecule has 0 saturated carbocycles. The van der Waals surface area contributed by atoms with Gasteiger partial charge in [0.2, 0.25) is 5.91 Å². The maximum atomic E-state index is 12.6. The van der Waals surface area contributed by atoms with Gasteiger partial charge in [-0.15, -0.1) is 0 Å². The van der Waals surface area contributed by atoms with Crippen molar-refractivity contribution in [2.75, 3.05) is 13.1 Å². The number of rotatable bonds is 5. The molecule has 1 fully saturated rings. The zero-order valence-corrected chi connectivity index (χ0v) is 13.7. The molecular weight excluding hydrogens is 284 g/mol. The van der Waals surface area contributed by atoms with Crippen molar-refractivity contribution in [1.29, 1.82) is 0 Å². The number of amides is 1. The third-order valence-corrected chi connectivity index (χ3v) is 4.80. The van der Waals surface area contributed by atoms with Gasteiger partial charge < -0.3 is 10.6 Å². The molecule has 3 nitrogen and oxygen atoms in total. The van der Waals surface area contributed by atoms with Crippen molar-refractivity contribution in [1.82, 2.24) is 10.6 Å². The van der Waals surface area contributed by atoms with Crippen molar-refractivity contribution in [3.05, 3.63) is 34.9 Å². The molecule has 1 aliphatic rings. The highest BCUT2D eigenvalue weighted by molar-refractivity contribution is 6.30. The van der Waals surface area contributed by atoms with Crippen molar-refractivity contribution in [2.24, 2.45) is 5.41 Å². The minimum absolute atomic E-state index is 0.136. The number of carbonyl (C=O) groups excluding carboxylic acids is 1. The van der Waals surface area contributed by atoms with Crippen LogP contribution in [0, 0.1) is 5.41 Å². The van der Waals surface area contributed by atoms with Crippen molar-refractivity contribution in [2.45, 2.75) is 45.6 Å². The molecule has 1 aromatic carbocycles. The molecule has 1 unspecified atom stereocenters. The number of carbonyl (C=O) groups is 1. The van der Waals surface area contributed by atoms with E-state index in [0.29, 0.717) is 0 Å². The van der Waals surface area contributed by atoms with Gasteiger partial charge in [0, 0.05) is 11.1 Å². The highest BCUT2D eigenvalue weighted by atomic mass is 35.5. The predicted octanol–water partition coefficient (Wildman–Crippen LogP) is 3.17. The first kappa shape index (κ1) is 16.3. The van der Waals surface area contributed by atoms with Gasteiger partial charge >= 0.3 is 0 Å². The molecule has 0 aliphatic carbocycles. The summed E-state index contributed by atoms with van der Waals surface area (Å²) in [6.45, 7) is 6.06. The zero-order valence-electron chi connectivity index (χ0n) is 12.9. The molecule has 1 saturated heterocycles. The zero-order chi connectivity index (χ0) is 15.3. The standard InChI is InChI=1S/C17H25ClN2O/c1-3-17(8-10-19-11-9-17)16(21)20-13(2)12-14-4-6-15(18)7-5-14/h4-7,13,19H,3,8-12H2,1-2H3,(H,20,21). The van der Waals surface area contributed by atoms with Gasteiger partial charge in [-0.2, -0.15) is 0 Å². The van der Waals surface area contributed by atoms with Crippen LogP contribution in [0.25, 0.3) is 0 Å². The van der Waals surface area contributed by atoms with E-state index in [9.17, 15) is 4.79 Å². The minimum Gasteiger partial charge on any atom is -0.353 e. The molecule has 0 aromatic heterocycles. The fourth-order valence-electron chi connectivity index (χ4n) is 3.05. The second-order valence-electron chi connectivity index (χ2n) is 6.09. The van der Waals surface area contributed by atoms with Gasteiger partial charge in [0.05, 0.1) is 5.41 Å². The van der Waals surface area contributed by atoms with Crippen LogP contribution in [0.3, 0.4) is 0 Å². The summed E-state index contributed by atoms with van der Waals surface area (Å²) in [5, 5.41) is 7.28. The van der Waals surface area contributed by atoms with Gasteiger partial charge in [-0.1, -0.05) is 30.7 Å². The summed E-state index contributed by atoms with van der Waals surface area (Å²) in [5.74, 6) is 0.216. The SMILES string of the molecule is CCC1(C(=O)NC(C)Cc2ccc(Cl)cc2)CCNCC1. The average molecular weight is 309 g/mol. The van der Waals surface area contributed by atoms with Gasteiger partial charge in [-0.25, -0.2) is 0 Å². The van der Waals surface area contributed by atoms with Crippen LogP contribution in [0.1, 0.15) is 38.7 Å². The van der Waals surface area contributed by atoms with E-state index < -0.39 is 0 Å². The molecule has 116 valence electrons. The maximum absolute atomic E-state index is 12.6. The first-order valence-corrected chi connectivity index (χ1v) is 8.20. The third kappa shape index (κ3) is 4.21. The van der Waals surface area contributed by atoms with E-state index in [0.717, 1.165) is 43.8 Å². The van der Waals surface area contributed by atoms with Crippen LogP contribution in [0.2, 0.25) is 5.02 Å². The lowest BCUT2D eigenvalue weighted by Crippen LogP contribution is -2.49. The quantitative estimate of drug-likeness (QED) is 0.877. The fraction of sp³-hybridized carbons (Fsp3) is 0.588. The number of benzene rings is 1. The number of hydrogen-bond donors (Lipinski definition) is 2. The van der Waals surface area contributed by atoms with Crippen LogP contribution in [0.4, 0.5) is 0 Å². The van der Waals surface area contributed by atoms with Crippen molar-refractivity contribution >= 4 is 17.5 Å². The van der Waals surface area contributed by atoms with E-state index >= 15 is 0 Å². The van der Waals surface area contributed by atoms with E-state index in [1.54, 1.807) is 0 Å². The Morgan fingerprint density at radius 1 is 1.33 bits per heavy atom. The maximum Gasteiger partial charge on any atom is 0.226 e. The molecule has 2 rings (SSSR count). The summed E-state index contributed by atoms with van der Waals surface area (Å²) in [6, 6.07) is 7.96. The van der Waals surface area contributed by atoms with Crippen LogP contribution in [0.5, 0.6) is 0 Å². The summed E-state index contributed by atoms with van der Waals surface area (Å²) >= 11 is 5.90. The Balaban J connectivity index is 1.93. The molecule has 1 amide bonds. The lowest BCUT2D eigenvalue weighted by molar-refractivity contribution is -0.133. The highest BCUT2D eigenvalue weighted by Crippen LogP contribution is 2.32. The second kappa shape index (κ2) is 7.28. The van der Waals surface area contributed by atoms with Crippen molar-refractivity contribution in [3.63, 3.8) is 0 Å². The Labute approximate surface area is 132 Å². The van der Waals surface area contributed by atoms with E-state index in [1.807, 2.05) is 24.3 Å². The molecule has 21 heavy (non-hydrogen) atoms. The van der Waals surface area contributed by atoms with E-state index in [1.165, 1.54) is 5.56 Å². The first-order chi connectivity index (χ1) is 10.1. The third-order valence-electron chi connectivity index (χ3n) is 4.55. The van der Waals surface area contributed by atoms with Crippen LogP contribution < -0.4 is 10.6 Å². The van der Waals surface area contributed by atoms with Crippen LogP contribution in [-0.4, -0.2) is 25.0 Å². The molecule has 4 heteroatoms. The number of piperidine rings is 1. The Morgan fingerprint density at radius 3 is 2.52 bits per heavy atom. The second-order valence-corrected chi connectivity index (χ2v) is 6.53. The largest absolute Gasteiger partial charge is 0.353 e. The van der Waals surface area contributed by atoms with Crippen LogP contribution in [0.15, 0.2) is 24.3 Å². The highest BCUT2D eigenvalue weighted by Gasteiger charge is 2.37. The molecule has 2 N–H and O–H groups in total. The van der Waals surface area contributed by atoms with E-state index in [2.05, 4.69) is 24.5 Å². The summed E-state index contributed by atoms with van der Waals surface area (Å²) in [5.41, 5.74) is 1.02. The smallest absolute Gasteiger partial charge is 0.226 e. The fourth-order valence-corrected chi connectivity index (χ4v) is 3.17. The van der Waals surface area contributed by atoms with Crippen molar-refractivity contribution < 1.29 is 4.79 Å². The monoisotopic (exact) mass is 308 g/mol. The van der Waals surface area contributed by atoms with E-state index in [4.69, 9.17) is 11.6 Å². The Hall–Kier alpha value is -1.06. The topological polar surface area (TPSA) is 41.1 Å². The molecule has 1 heterocycles. The summed E-state index contributed by atoms with van der Waals surface area (Å²) < 4.78 is 0. The molecule has 1 aromatic rings. The molecule has 0 radical (unpaired) electrons. The average Bonchev–Trinajstić information content (AvgIpc) is 2.50. The lowest BCUT2D eigenvalue weighted by atomic mass is 9.75. The van der Waals surface area contributed by atoms with Crippen LogP contribution >= 0.6 is 11.6 Å². The predicted molar refractivity (Wildman–Crippen MR) is 87.6 cm³/mol. The Morgan fingerprint density at radius 2 is 1.95 bits per heavy atom. The van der Waals surface area contributed by atoms with Gasteiger partial charge in [-0.3, -0.25) is 4.79 Å². The molecule has 0 bridgehead atoms. The Bertz CT molecular complexity index is 466.